The first-order valence-electron chi connectivity index (χ1n) is 9.65. The molecule has 0 unspecified atom stereocenters. The molecule has 2 heterocycles. The van der Waals surface area contributed by atoms with Gasteiger partial charge in [-0.3, -0.25) is 4.79 Å². The van der Waals surface area contributed by atoms with Crippen molar-refractivity contribution in [3.8, 4) is 11.4 Å². The van der Waals surface area contributed by atoms with Crippen molar-refractivity contribution in [2.75, 3.05) is 12.3 Å². The molecule has 3 aromatic rings. The number of aromatic nitrogens is 3. The molecule has 0 saturated heterocycles. The second kappa shape index (κ2) is 10.4. The van der Waals surface area contributed by atoms with E-state index in [4.69, 9.17) is 0 Å². The molecule has 5 nitrogen and oxygen atoms in total. The molecule has 0 radical (unpaired) electrons. The van der Waals surface area contributed by atoms with E-state index in [0.29, 0.717) is 12.3 Å². The van der Waals surface area contributed by atoms with Crippen molar-refractivity contribution in [2.24, 2.45) is 0 Å². The number of amides is 1. The molecule has 0 spiro atoms. The summed E-state index contributed by atoms with van der Waals surface area (Å²) in [4.78, 5) is 13.5. The molecule has 0 aliphatic carbocycles. The van der Waals surface area contributed by atoms with Gasteiger partial charge in [0.1, 0.15) is 0 Å². The van der Waals surface area contributed by atoms with Crippen LogP contribution in [-0.4, -0.2) is 33.0 Å². The zero-order valence-corrected chi connectivity index (χ0v) is 18.0. The summed E-state index contributed by atoms with van der Waals surface area (Å²) in [5, 5.41) is 14.6. The summed E-state index contributed by atoms with van der Waals surface area (Å²) in [6.45, 7) is 5.69. The van der Waals surface area contributed by atoms with Crippen molar-refractivity contribution in [2.45, 2.75) is 44.8 Å². The van der Waals surface area contributed by atoms with E-state index in [0.717, 1.165) is 42.4 Å². The molecular weight excluding hydrogens is 388 g/mol. The van der Waals surface area contributed by atoms with E-state index in [9.17, 15) is 4.79 Å². The van der Waals surface area contributed by atoms with Crippen LogP contribution in [0.2, 0.25) is 0 Å². The molecule has 7 heteroatoms. The molecule has 0 bridgehead atoms. The number of hydrogen-bond donors (Lipinski definition) is 1. The average molecular weight is 415 g/mol. The molecule has 3 rings (SSSR count). The van der Waals surface area contributed by atoms with Gasteiger partial charge in [0.25, 0.3) is 0 Å². The summed E-state index contributed by atoms with van der Waals surface area (Å²) in [6.07, 6.45) is 3.07. The fourth-order valence-electron chi connectivity index (χ4n) is 2.94. The van der Waals surface area contributed by atoms with Crippen molar-refractivity contribution >= 4 is 29.0 Å². The normalized spacial score (nSPS) is 10.9. The van der Waals surface area contributed by atoms with E-state index in [1.807, 2.05) is 18.2 Å². The first kappa shape index (κ1) is 20.6. The molecule has 0 aliphatic heterocycles. The van der Waals surface area contributed by atoms with Crippen molar-refractivity contribution in [1.29, 1.82) is 0 Å². The average Bonchev–Trinajstić information content (AvgIpc) is 3.33. The van der Waals surface area contributed by atoms with Gasteiger partial charge in [-0.1, -0.05) is 55.4 Å². The highest BCUT2D eigenvalue weighted by atomic mass is 32.2. The lowest BCUT2D eigenvalue weighted by atomic mass is 10.1. The number of thioether (sulfide) groups is 1. The number of aryl methyl sites for hydroxylation is 1. The third-order valence-corrected chi connectivity index (χ3v) is 6.32. The maximum atomic E-state index is 12.2. The molecule has 0 atom stereocenters. The van der Waals surface area contributed by atoms with Gasteiger partial charge in [-0.05, 0) is 31.4 Å². The number of nitrogens with one attached hydrogen (secondary N) is 1. The Balaban J connectivity index is 1.54. The zero-order valence-electron chi connectivity index (χ0n) is 16.4. The maximum Gasteiger partial charge on any atom is 0.230 e. The van der Waals surface area contributed by atoms with E-state index >= 15 is 0 Å². The Morgan fingerprint density at radius 3 is 2.75 bits per heavy atom. The predicted molar refractivity (Wildman–Crippen MR) is 117 cm³/mol. The van der Waals surface area contributed by atoms with Crippen molar-refractivity contribution < 1.29 is 4.79 Å². The van der Waals surface area contributed by atoms with Gasteiger partial charge in [0.15, 0.2) is 11.0 Å². The van der Waals surface area contributed by atoms with Crippen molar-refractivity contribution in [3.05, 3.63) is 52.2 Å². The Hall–Kier alpha value is -2.12. The first-order valence-corrected chi connectivity index (χ1v) is 11.5. The summed E-state index contributed by atoms with van der Waals surface area (Å²) in [6, 6.07) is 12.4. The van der Waals surface area contributed by atoms with Gasteiger partial charge in [0.05, 0.1) is 5.75 Å². The Morgan fingerprint density at radius 2 is 2.00 bits per heavy atom. The Labute approximate surface area is 174 Å². The first-order chi connectivity index (χ1) is 13.7. The summed E-state index contributed by atoms with van der Waals surface area (Å²) in [5.41, 5.74) is 2.34. The Bertz CT molecular complexity index is 889. The van der Waals surface area contributed by atoms with Crippen LogP contribution in [0.25, 0.3) is 11.4 Å². The van der Waals surface area contributed by atoms with Crippen LogP contribution in [0.5, 0.6) is 0 Å². The van der Waals surface area contributed by atoms with Gasteiger partial charge in [0.2, 0.25) is 5.91 Å². The highest BCUT2D eigenvalue weighted by Gasteiger charge is 2.15. The minimum atomic E-state index is 0.0221. The molecule has 1 N–H and O–H groups in total. The molecule has 0 aliphatic rings. The lowest BCUT2D eigenvalue weighted by Gasteiger charge is -2.07. The van der Waals surface area contributed by atoms with Gasteiger partial charge < -0.3 is 9.88 Å². The highest BCUT2D eigenvalue weighted by Crippen LogP contribution is 2.28. The van der Waals surface area contributed by atoms with Gasteiger partial charge in [-0.25, -0.2) is 0 Å². The molecule has 28 heavy (non-hydrogen) atoms. The number of thiophene rings is 1. The van der Waals surface area contributed by atoms with Crippen LogP contribution < -0.4 is 5.32 Å². The lowest BCUT2D eigenvalue weighted by Crippen LogP contribution is -2.27. The van der Waals surface area contributed by atoms with Crippen LogP contribution in [0.4, 0.5) is 0 Å². The van der Waals surface area contributed by atoms with E-state index in [2.05, 4.69) is 57.5 Å². The molecule has 1 aromatic carbocycles. The molecule has 0 saturated carbocycles. The van der Waals surface area contributed by atoms with Crippen LogP contribution in [0.15, 0.2) is 46.9 Å². The van der Waals surface area contributed by atoms with Crippen LogP contribution in [0.3, 0.4) is 0 Å². The largest absolute Gasteiger partial charge is 0.355 e. The van der Waals surface area contributed by atoms with Crippen molar-refractivity contribution in [3.63, 3.8) is 0 Å². The van der Waals surface area contributed by atoms with Gasteiger partial charge >= 0.3 is 0 Å². The van der Waals surface area contributed by atoms with E-state index in [-0.39, 0.29) is 5.91 Å². The third kappa shape index (κ3) is 5.45. The maximum absolute atomic E-state index is 12.2. The highest BCUT2D eigenvalue weighted by molar-refractivity contribution is 7.99. The second-order valence-electron chi connectivity index (χ2n) is 6.48. The number of hydrogen-bond acceptors (Lipinski definition) is 5. The third-order valence-electron chi connectivity index (χ3n) is 4.35. The standard InChI is InChI=1S/C21H26N4OS2/c1-3-8-18-13-17(14-27-18)20-23-24-21(25(20)4-2)28-15-19(26)22-12-11-16-9-6-5-7-10-16/h5-7,9-10,13-14H,3-4,8,11-12,15H2,1-2H3,(H,22,26). The summed E-state index contributed by atoms with van der Waals surface area (Å²) in [5.74, 6) is 1.25. The molecule has 0 fully saturated rings. The van der Waals surface area contributed by atoms with E-state index in [1.54, 1.807) is 11.3 Å². The summed E-state index contributed by atoms with van der Waals surface area (Å²) >= 11 is 3.21. The van der Waals surface area contributed by atoms with Crippen LogP contribution >= 0.6 is 23.1 Å². The van der Waals surface area contributed by atoms with Crippen LogP contribution in [0.1, 0.15) is 30.7 Å². The predicted octanol–water partition coefficient (Wildman–Crippen LogP) is 4.43. The monoisotopic (exact) mass is 414 g/mol. The van der Waals surface area contributed by atoms with E-state index < -0.39 is 0 Å². The van der Waals surface area contributed by atoms with Crippen LogP contribution in [-0.2, 0) is 24.2 Å². The molecule has 1 amide bonds. The molecule has 2 aromatic heterocycles. The molecular formula is C21H26N4OS2. The lowest BCUT2D eigenvalue weighted by molar-refractivity contribution is -0.118. The number of nitrogens with zero attached hydrogens (tertiary/aromatic N) is 3. The number of carbonyl (C=O) groups excluding carboxylic acids is 1. The zero-order chi connectivity index (χ0) is 19.8. The van der Waals surface area contributed by atoms with Crippen molar-refractivity contribution in [1.82, 2.24) is 20.1 Å². The minimum Gasteiger partial charge on any atom is -0.355 e. The number of benzene rings is 1. The van der Waals surface area contributed by atoms with Gasteiger partial charge in [-0.15, -0.1) is 21.5 Å². The Kier molecular flexibility index (Phi) is 7.68. The number of rotatable bonds is 10. The van der Waals surface area contributed by atoms with Crippen LogP contribution in [0, 0.1) is 0 Å². The molecule has 148 valence electrons. The fraction of sp³-hybridized carbons (Fsp3) is 0.381. The SMILES string of the molecule is CCCc1cc(-c2nnc(SCC(=O)NCCc3ccccc3)n2CC)cs1. The minimum absolute atomic E-state index is 0.0221. The summed E-state index contributed by atoms with van der Waals surface area (Å²) < 4.78 is 2.08. The van der Waals surface area contributed by atoms with E-state index in [1.165, 1.54) is 22.2 Å². The number of carbonyl (C=O) groups is 1. The Morgan fingerprint density at radius 1 is 1.18 bits per heavy atom. The quantitative estimate of drug-likeness (QED) is 0.499. The van der Waals surface area contributed by atoms with Gasteiger partial charge in [-0.2, -0.15) is 0 Å². The summed E-state index contributed by atoms with van der Waals surface area (Å²) in [7, 11) is 0. The second-order valence-corrected chi connectivity index (χ2v) is 8.41. The smallest absolute Gasteiger partial charge is 0.230 e. The topological polar surface area (TPSA) is 59.8 Å². The fourth-order valence-corrected chi connectivity index (χ4v) is 4.74. The van der Waals surface area contributed by atoms with Gasteiger partial charge in [0, 0.05) is 28.9 Å².